The van der Waals surface area contributed by atoms with Crippen LogP contribution in [0.3, 0.4) is 0 Å². The van der Waals surface area contributed by atoms with Crippen molar-refractivity contribution in [3.05, 3.63) is 81.1 Å². The molecule has 0 amide bonds. The topological polar surface area (TPSA) is 127 Å². The highest BCUT2D eigenvalue weighted by Crippen LogP contribution is 2.24. The van der Waals surface area contributed by atoms with Gasteiger partial charge in [0.05, 0.1) is 28.2 Å². The molecule has 4 heterocycles. The standard InChI is InChI=1S/C25H23ClFN9O/c1-15(33-23-18(22(28)31-14-32-23)8-7-17-6-5-16(27)13-30-17)24-34-20-4-2-3-19(26)21(20)25(37)36(24)35-11-9-29-10-12-35/h2-6,13-15,29H,9-12H2,1H3,(H3,28,31,32,33). The molecule has 3 aromatic heterocycles. The molecule has 10 nitrogen and oxygen atoms in total. The van der Waals surface area contributed by atoms with Crippen LogP contribution in [-0.4, -0.2) is 50.8 Å². The van der Waals surface area contributed by atoms with Crippen molar-refractivity contribution < 1.29 is 4.39 Å². The number of fused-ring (bicyclic) bond motifs is 1. The normalized spacial score (nSPS) is 14.2. The summed E-state index contributed by atoms with van der Waals surface area (Å²) in [6.07, 6.45) is 2.41. The second kappa shape index (κ2) is 10.4. The highest BCUT2D eigenvalue weighted by Gasteiger charge is 2.24. The number of nitrogen functional groups attached to an aromatic ring is 1. The van der Waals surface area contributed by atoms with Gasteiger partial charge in [-0.3, -0.25) is 4.79 Å². The summed E-state index contributed by atoms with van der Waals surface area (Å²) in [4.78, 5) is 30.8. The quantitative estimate of drug-likeness (QED) is 0.347. The second-order valence-corrected chi connectivity index (χ2v) is 8.79. The first kappa shape index (κ1) is 24.4. The fourth-order valence-corrected chi connectivity index (χ4v) is 4.33. The zero-order valence-electron chi connectivity index (χ0n) is 19.9. The maximum Gasteiger partial charge on any atom is 0.281 e. The van der Waals surface area contributed by atoms with Crippen LogP contribution in [0.25, 0.3) is 10.9 Å². The molecular weight excluding hydrogens is 497 g/mol. The van der Waals surface area contributed by atoms with Crippen molar-refractivity contribution in [2.45, 2.75) is 13.0 Å². The van der Waals surface area contributed by atoms with Gasteiger partial charge < -0.3 is 21.4 Å². The van der Waals surface area contributed by atoms with Crippen LogP contribution in [0.15, 0.2) is 47.7 Å². The number of hydrogen-bond donors (Lipinski definition) is 3. The van der Waals surface area contributed by atoms with E-state index in [0.29, 0.717) is 51.9 Å². The fraction of sp³-hybridized carbons (Fsp3) is 0.240. The van der Waals surface area contributed by atoms with Crippen LogP contribution in [-0.2, 0) is 0 Å². The zero-order valence-corrected chi connectivity index (χ0v) is 20.6. The summed E-state index contributed by atoms with van der Waals surface area (Å²) in [5.74, 6) is 6.34. The van der Waals surface area contributed by atoms with Crippen molar-refractivity contribution in [2.24, 2.45) is 0 Å². The van der Waals surface area contributed by atoms with E-state index in [9.17, 15) is 9.18 Å². The smallest absolute Gasteiger partial charge is 0.281 e. The molecule has 1 aromatic carbocycles. The number of anilines is 2. The molecule has 37 heavy (non-hydrogen) atoms. The number of piperazine rings is 1. The molecule has 0 radical (unpaired) electrons. The Morgan fingerprint density at radius 3 is 2.73 bits per heavy atom. The number of hydrogen-bond acceptors (Lipinski definition) is 9. The summed E-state index contributed by atoms with van der Waals surface area (Å²) in [5, 5.41) is 9.25. The molecule has 1 saturated heterocycles. The second-order valence-electron chi connectivity index (χ2n) is 8.38. The van der Waals surface area contributed by atoms with Crippen LogP contribution in [0.5, 0.6) is 0 Å². The van der Waals surface area contributed by atoms with E-state index in [1.54, 1.807) is 22.9 Å². The molecular formula is C25H23ClFN9O. The van der Waals surface area contributed by atoms with Crippen LogP contribution in [0.4, 0.5) is 16.0 Å². The Hall–Kier alpha value is -4.27. The highest BCUT2D eigenvalue weighted by molar-refractivity contribution is 6.35. The van der Waals surface area contributed by atoms with E-state index in [4.69, 9.17) is 22.3 Å². The Kier molecular flexibility index (Phi) is 6.85. The van der Waals surface area contributed by atoms with E-state index in [2.05, 4.69) is 37.4 Å². The third-order valence-electron chi connectivity index (χ3n) is 5.89. The third kappa shape index (κ3) is 5.02. The van der Waals surface area contributed by atoms with Crippen LogP contribution >= 0.6 is 11.6 Å². The first-order chi connectivity index (χ1) is 17.9. The van der Waals surface area contributed by atoms with Gasteiger partial charge in [-0.05, 0) is 37.1 Å². The molecule has 0 saturated carbocycles. The Morgan fingerprint density at radius 1 is 1.16 bits per heavy atom. The van der Waals surface area contributed by atoms with Crippen molar-refractivity contribution in [3.8, 4) is 11.8 Å². The Balaban J connectivity index is 1.56. The molecule has 4 N–H and O–H groups in total. The lowest BCUT2D eigenvalue weighted by Gasteiger charge is -2.33. The minimum Gasteiger partial charge on any atom is -0.382 e. The molecule has 1 aliphatic heterocycles. The zero-order chi connectivity index (χ0) is 25.9. The number of benzene rings is 1. The predicted molar refractivity (Wildman–Crippen MR) is 140 cm³/mol. The van der Waals surface area contributed by atoms with Crippen molar-refractivity contribution >= 4 is 34.1 Å². The number of nitrogens with two attached hydrogens (primary N) is 1. The van der Waals surface area contributed by atoms with E-state index >= 15 is 0 Å². The minimum atomic E-state index is -0.482. The lowest BCUT2D eigenvalue weighted by molar-refractivity contribution is 0.461. The molecule has 0 bridgehead atoms. The van der Waals surface area contributed by atoms with Gasteiger partial charge in [-0.15, -0.1) is 0 Å². The molecule has 12 heteroatoms. The number of nitrogens with one attached hydrogen (secondary N) is 2. The monoisotopic (exact) mass is 519 g/mol. The van der Waals surface area contributed by atoms with Crippen LogP contribution < -0.4 is 26.9 Å². The summed E-state index contributed by atoms with van der Waals surface area (Å²) >= 11 is 6.40. The lowest BCUT2D eigenvalue weighted by atomic mass is 10.2. The third-order valence-corrected chi connectivity index (χ3v) is 6.20. The number of aromatic nitrogens is 5. The fourth-order valence-electron chi connectivity index (χ4n) is 4.08. The van der Waals surface area contributed by atoms with Crippen molar-refractivity contribution in [3.63, 3.8) is 0 Å². The number of halogens is 2. The van der Waals surface area contributed by atoms with Gasteiger partial charge in [-0.25, -0.2) is 29.0 Å². The van der Waals surface area contributed by atoms with Crippen LogP contribution in [0.2, 0.25) is 5.02 Å². The number of nitrogens with zero attached hydrogens (tertiary/aromatic N) is 6. The van der Waals surface area contributed by atoms with Gasteiger partial charge in [0.25, 0.3) is 5.56 Å². The molecule has 1 fully saturated rings. The van der Waals surface area contributed by atoms with Crippen LogP contribution in [0.1, 0.15) is 30.0 Å². The molecule has 1 aliphatic rings. The van der Waals surface area contributed by atoms with E-state index in [1.807, 2.05) is 11.9 Å². The minimum absolute atomic E-state index is 0.164. The molecule has 5 rings (SSSR count). The van der Waals surface area contributed by atoms with Crippen molar-refractivity contribution in [2.75, 3.05) is 42.2 Å². The van der Waals surface area contributed by atoms with E-state index in [1.165, 1.54) is 18.5 Å². The Bertz CT molecular complexity index is 1570. The van der Waals surface area contributed by atoms with Gasteiger partial charge in [0, 0.05) is 26.2 Å². The summed E-state index contributed by atoms with van der Waals surface area (Å²) in [5.41, 5.74) is 7.08. The Labute approximate surface area is 216 Å². The van der Waals surface area contributed by atoms with Gasteiger partial charge in [0.15, 0.2) is 5.82 Å². The van der Waals surface area contributed by atoms with Gasteiger partial charge in [-0.2, -0.15) is 0 Å². The maximum absolute atomic E-state index is 13.7. The van der Waals surface area contributed by atoms with Crippen molar-refractivity contribution in [1.82, 2.24) is 29.9 Å². The lowest BCUT2D eigenvalue weighted by Crippen LogP contribution is -2.54. The van der Waals surface area contributed by atoms with Gasteiger partial charge in [-0.1, -0.05) is 23.6 Å². The predicted octanol–water partition coefficient (Wildman–Crippen LogP) is 2.07. The highest BCUT2D eigenvalue weighted by atomic mass is 35.5. The molecule has 0 spiro atoms. The molecule has 1 unspecified atom stereocenters. The SMILES string of the molecule is CC(Nc1ncnc(N)c1C#Cc1ccc(F)cn1)c1nc2cccc(Cl)c2c(=O)n1N1CCNCC1. The number of rotatable bonds is 4. The van der Waals surface area contributed by atoms with Crippen LogP contribution in [0, 0.1) is 17.7 Å². The van der Waals surface area contributed by atoms with Gasteiger partial charge in [0.1, 0.15) is 35.0 Å². The first-order valence-electron chi connectivity index (χ1n) is 11.6. The average Bonchev–Trinajstić information content (AvgIpc) is 2.89. The van der Waals surface area contributed by atoms with E-state index in [-0.39, 0.29) is 11.4 Å². The first-order valence-corrected chi connectivity index (χ1v) is 12.0. The van der Waals surface area contributed by atoms with Crippen molar-refractivity contribution in [1.29, 1.82) is 0 Å². The molecule has 0 aliphatic carbocycles. The van der Waals surface area contributed by atoms with E-state index < -0.39 is 11.9 Å². The largest absolute Gasteiger partial charge is 0.382 e. The molecule has 1 atom stereocenters. The average molecular weight is 520 g/mol. The summed E-state index contributed by atoms with van der Waals surface area (Å²) in [6, 6.07) is 7.46. The number of pyridine rings is 1. The molecule has 4 aromatic rings. The Morgan fingerprint density at radius 2 is 1.97 bits per heavy atom. The summed E-state index contributed by atoms with van der Waals surface area (Å²) in [6.45, 7) is 4.58. The summed E-state index contributed by atoms with van der Waals surface area (Å²) < 4.78 is 14.8. The summed E-state index contributed by atoms with van der Waals surface area (Å²) in [7, 11) is 0. The molecule has 188 valence electrons. The maximum atomic E-state index is 13.7. The van der Waals surface area contributed by atoms with E-state index in [0.717, 1.165) is 19.3 Å². The van der Waals surface area contributed by atoms with Gasteiger partial charge >= 0.3 is 0 Å². The van der Waals surface area contributed by atoms with Gasteiger partial charge in [0.2, 0.25) is 0 Å².